The summed E-state index contributed by atoms with van der Waals surface area (Å²) in [5, 5.41) is 31.4. The van der Waals surface area contributed by atoms with Gasteiger partial charge < -0.3 is 39.0 Å². The Hall–Kier alpha value is -2.28. The van der Waals surface area contributed by atoms with Gasteiger partial charge in [0, 0.05) is 19.3 Å². The van der Waals surface area contributed by atoms with Gasteiger partial charge in [-0.05, 0) is 19.3 Å². The van der Waals surface area contributed by atoms with Crippen molar-refractivity contribution in [3.05, 3.63) is 0 Å². The van der Waals surface area contributed by atoms with Crippen LogP contribution in [-0.2, 0) is 42.9 Å². The Kier molecular flexibility index (Phi) is 45.7. The lowest BCUT2D eigenvalue weighted by Gasteiger charge is -2.40. The smallest absolute Gasteiger partial charge is 0.335 e. The average Bonchev–Trinajstić information content (AvgIpc) is 3.35. The van der Waals surface area contributed by atoms with Gasteiger partial charge in [0.2, 0.25) is 0 Å². The molecule has 12 heteroatoms. The summed E-state index contributed by atoms with van der Waals surface area (Å²) in [6, 6.07) is 0. The van der Waals surface area contributed by atoms with E-state index < -0.39 is 67.3 Å². The summed E-state index contributed by atoms with van der Waals surface area (Å²) >= 11 is 0. The van der Waals surface area contributed by atoms with Crippen LogP contribution in [0.4, 0.5) is 0 Å². The molecule has 0 saturated carbocycles. The summed E-state index contributed by atoms with van der Waals surface area (Å²) in [6.07, 6.45) is 39.5. The summed E-state index contributed by atoms with van der Waals surface area (Å²) < 4.78 is 28.4. The molecule has 0 aromatic rings. The van der Waals surface area contributed by atoms with E-state index >= 15 is 0 Å². The van der Waals surface area contributed by atoms with E-state index in [1.165, 1.54) is 180 Å². The van der Waals surface area contributed by atoms with Crippen LogP contribution in [0.3, 0.4) is 0 Å². The highest BCUT2D eigenvalue weighted by molar-refractivity contribution is 5.74. The second-order valence-electron chi connectivity index (χ2n) is 21.0. The van der Waals surface area contributed by atoms with Crippen LogP contribution < -0.4 is 0 Å². The fourth-order valence-corrected chi connectivity index (χ4v) is 9.55. The molecule has 0 aliphatic carbocycles. The quantitative estimate of drug-likeness (QED) is 0.0299. The monoisotopic (exact) mass is 1010 g/mol. The van der Waals surface area contributed by atoms with Gasteiger partial charge in [-0.3, -0.25) is 14.4 Å². The Morgan fingerprint density at radius 2 is 0.718 bits per heavy atom. The van der Waals surface area contributed by atoms with E-state index in [9.17, 15) is 34.5 Å². The van der Waals surface area contributed by atoms with E-state index in [0.29, 0.717) is 19.3 Å². The normalized spacial score (nSPS) is 18.4. The van der Waals surface area contributed by atoms with E-state index in [1.807, 2.05) is 0 Å². The van der Waals surface area contributed by atoms with Gasteiger partial charge in [0.15, 0.2) is 24.6 Å². The van der Waals surface area contributed by atoms with E-state index in [0.717, 1.165) is 64.2 Å². The molecule has 3 N–H and O–H groups in total. The third-order valence-corrected chi connectivity index (χ3v) is 14.2. The third-order valence-electron chi connectivity index (χ3n) is 14.2. The van der Waals surface area contributed by atoms with Crippen molar-refractivity contribution in [2.45, 2.75) is 340 Å². The molecule has 0 amide bonds. The predicted molar refractivity (Wildman–Crippen MR) is 285 cm³/mol. The Morgan fingerprint density at radius 1 is 0.408 bits per heavy atom. The van der Waals surface area contributed by atoms with Crippen LogP contribution in [-0.4, -0.2) is 89.2 Å². The van der Waals surface area contributed by atoms with Gasteiger partial charge in [0.25, 0.3) is 0 Å². The van der Waals surface area contributed by atoms with Crippen molar-refractivity contribution in [1.82, 2.24) is 0 Å². The molecule has 0 bridgehead atoms. The SMILES string of the molecule is CCCCCCCCCCCCCCCCCCCC(=O)OCC(COC1OC(C(=O)O)C(O)C(O)C1OC(=O)CCCCCCCCCCC)OC(=O)CCCCCCCCCCCCCCCCC. The molecule has 0 radical (unpaired) electrons. The summed E-state index contributed by atoms with van der Waals surface area (Å²) in [4.78, 5) is 51.0. The number of hydrogen-bond donors (Lipinski definition) is 3. The number of carboxylic acid groups (broad SMARTS) is 1. The number of carbonyl (C=O) groups is 4. The summed E-state index contributed by atoms with van der Waals surface area (Å²) in [7, 11) is 0. The van der Waals surface area contributed by atoms with Crippen LogP contribution in [0.15, 0.2) is 0 Å². The summed E-state index contributed by atoms with van der Waals surface area (Å²) in [5.41, 5.74) is 0. The minimum absolute atomic E-state index is 0.0686. The molecule has 1 rings (SSSR count). The van der Waals surface area contributed by atoms with E-state index in [-0.39, 0.29) is 25.9 Å². The maximum atomic E-state index is 13.1. The molecule has 71 heavy (non-hydrogen) atoms. The van der Waals surface area contributed by atoms with Gasteiger partial charge in [-0.15, -0.1) is 0 Å². The second-order valence-corrected chi connectivity index (χ2v) is 21.0. The zero-order valence-corrected chi connectivity index (χ0v) is 46.0. The largest absolute Gasteiger partial charge is 0.479 e. The molecule has 0 aromatic heterocycles. The zero-order valence-electron chi connectivity index (χ0n) is 46.0. The van der Waals surface area contributed by atoms with Gasteiger partial charge in [-0.25, -0.2) is 4.79 Å². The van der Waals surface area contributed by atoms with Crippen LogP contribution in [0.5, 0.6) is 0 Å². The minimum Gasteiger partial charge on any atom is -0.479 e. The van der Waals surface area contributed by atoms with Gasteiger partial charge in [-0.2, -0.15) is 0 Å². The molecule has 1 aliphatic rings. The lowest BCUT2D eigenvalue weighted by molar-refractivity contribution is -0.301. The molecule has 0 spiro atoms. The molecule has 1 fully saturated rings. The number of aliphatic carboxylic acids is 1. The molecular formula is C59H110O12. The number of carbonyl (C=O) groups excluding carboxylic acids is 3. The van der Waals surface area contributed by atoms with Crippen molar-refractivity contribution in [3.8, 4) is 0 Å². The van der Waals surface area contributed by atoms with E-state index in [4.69, 9.17) is 23.7 Å². The average molecular weight is 1010 g/mol. The second kappa shape index (κ2) is 48.6. The summed E-state index contributed by atoms with van der Waals surface area (Å²) in [5.74, 6) is -3.07. The first kappa shape index (κ1) is 66.7. The Labute approximate surface area is 433 Å². The highest BCUT2D eigenvalue weighted by Crippen LogP contribution is 2.27. The van der Waals surface area contributed by atoms with Gasteiger partial charge >= 0.3 is 23.9 Å². The molecular weight excluding hydrogens is 901 g/mol. The number of rotatable bonds is 52. The summed E-state index contributed by atoms with van der Waals surface area (Å²) in [6.45, 7) is 6.01. The van der Waals surface area contributed by atoms with Gasteiger partial charge in [-0.1, -0.05) is 265 Å². The number of carboxylic acids is 1. The first-order valence-electron chi connectivity index (χ1n) is 30.0. The topological polar surface area (TPSA) is 175 Å². The number of unbranched alkanes of at least 4 members (excludes halogenated alkanes) is 38. The number of hydrogen-bond acceptors (Lipinski definition) is 11. The standard InChI is InChI=1S/C59H110O12/c1-4-7-10-13-16-19-21-23-25-26-28-29-31-34-36-39-42-45-51(60)67-48-50(69-52(61)46-43-40-38-35-32-30-27-24-22-20-17-14-11-8-5-2)49-68-59-57(55(64)54(63)56(71-59)58(65)66)70-53(62)47-44-41-37-33-18-15-12-9-6-3/h50,54-57,59,63-64H,4-49H2,1-3H3,(H,65,66). The van der Waals surface area contributed by atoms with Crippen molar-refractivity contribution in [2.75, 3.05) is 13.2 Å². The molecule has 12 nitrogen and oxygen atoms in total. The maximum absolute atomic E-state index is 13.1. The van der Waals surface area contributed by atoms with Crippen LogP contribution >= 0.6 is 0 Å². The molecule has 1 aliphatic heterocycles. The predicted octanol–water partition coefficient (Wildman–Crippen LogP) is 15.1. The maximum Gasteiger partial charge on any atom is 0.335 e. The van der Waals surface area contributed by atoms with E-state index in [2.05, 4.69) is 20.8 Å². The molecule has 1 heterocycles. The molecule has 6 atom stereocenters. The van der Waals surface area contributed by atoms with Gasteiger partial charge in [0.1, 0.15) is 18.8 Å². The first-order valence-corrected chi connectivity index (χ1v) is 30.0. The Balaban J connectivity index is 2.64. The molecule has 0 aromatic carbocycles. The van der Waals surface area contributed by atoms with Crippen LogP contribution in [0.25, 0.3) is 0 Å². The molecule has 418 valence electrons. The highest BCUT2D eigenvalue weighted by atomic mass is 16.7. The lowest BCUT2D eigenvalue weighted by Crippen LogP contribution is -2.61. The van der Waals surface area contributed by atoms with Crippen molar-refractivity contribution in [2.24, 2.45) is 0 Å². The number of aliphatic hydroxyl groups is 2. The zero-order chi connectivity index (χ0) is 51.8. The lowest BCUT2D eigenvalue weighted by atomic mass is 9.98. The Bertz CT molecular complexity index is 1250. The highest BCUT2D eigenvalue weighted by Gasteiger charge is 2.50. The van der Waals surface area contributed by atoms with Crippen molar-refractivity contribution in [1.29, 1.82) is 0 Å². The molecule has 6 unspecified atom stereocenters. The van der Waals surface area contributed by atoms with Crippen molar-refractivity contribution >= 4 is 23.9 Å². The third kappa shape index (κ3) is 38.9. The van der Waals surface area contributed by atoms with Crippen LogP contribution in [0.2, 0.25) is 0 Å². The van der Waals surface area contributed by atoms with Gasteiger partial charge in [0.05, 0.1) is 6.61 Å². The number of aliphatic hydroxyl groups excluding tert-OH is 2. The first-order chi connectivity index (χ1) is 34.6. The fourth-order valence-electron chi connectivity index (χ4n) is 9.55. The van der Waals surface area contributed by atoms with Crippen molar-refractivity contribution < 1.29 is 58.2 Å². The Morgan fingerprint density at radius 3 is 1.06 bits per heavy atom. The van der Waals surface area contributed by atoms with Crippen LogP contribution in [0, 0.1) is 0 Å². The fraction of sp³-hybridized carbons (Fsp3) is 0.932. The van der Waals surface area contributed by atoms with Crippen molar-refractivity contribution in [3.63, 3.8) is 0 Å². The van der Waals surface area contributed by atoms with E-state index in [1.54, 1.807) is 0 Å². The minimum atomic E-state index is -1.89. The number of ether oxygens (including phenoxy) is 5. The van der Waals surface area contributed by atoms with Crippen LogP contribution in [0.1, 0.15) is 303 Å². The molecule has 1 saturated heterocycles. The number of esters is 3.